The Hall–Kier alpha value is -2.60. The summed E-state index contributed by atoms with van der Waals surface area (Å²) in [7, 11) is 2.15. The molecule has 0 spiro atoms. The fraction of sp³-hybridized carbons (Fsp3) is 0.368. The lowest BCUT2D eigenvalue weighted by Gasteiger charge is -2.30. The van der Waals surface area contributed by atoms with E-state index in [-0.39, 0.29) is 12.5 Å². The van der Waals surface area contributed by atoms with Crippen LogP contribution in [0.5, 0.6) is 5.75 Å². The summed E-state index contributed by atoms with van der Waals surface area (Å²) in [4.78, 5) is 15.7. The number of quaternary nitrogens is 1. The summed E-state index contributed by atoms with van der Waals surface area (Å²) in [5.41, 5.74) is 1.73. The molecule has 0 saturated carbocycles. The molecule has 1 aromatic carbocycles. The van der Waals surface area contributed by atoms with Crippen LogP contribution in [0.4, 0.5) is 0 Å². The van der Waals surface area contributed by atoms with Gasteiger partial charge in [0.2, 0.25) is 0 Å². The number of benzene rings is 1. The largest absolute Gasteiger partial charge is 0.483 e. The molecular formula is C19H24N3O3+. The highest BCUT2D eigenvalue weighted by Crippen LogP contribution is 2.21. The van der Waals surface area contributed by atoms with Gasteiger partial charge in [-0.05, 0) is 25.1 Å². The number of aryl methyl sites for hydroxylation is 1. The third-order valence-electron chi connectivity index (χ3n) is 4.31. The van der Waals surface area contributed by atoms with Crippen molar-refractivity contribution in [2.45, 2.75) is 6.92 Å². The first kappa shape index (κ1) is 17.2. The number of para-hydroxylation sites is 1. The van der Waals surface area contributed by atoms with E-state index in [9.17, 15) is 4.79 Å². The maximum Gasteiger partial charge on any atom is 0.260 e. The van der Waals surface area contributed by atoms with E-state index >= 15 is 0 Å². The molecule has 0 bridgehead atoms. The average Bonchev–Trinajstić information content (AvgIpc) is 3.04. The van der Waals surface area contributed by atoms with Gasteiger partial charge in [0, 0.05) is 11.6 Å². The number of carbonyl (C=O) groups excluding carboxylic acids is 1. The molecule has 0 radical (unpaired) electrons. The van der Waals surface area contributed by atoms with Gasteiger partial charge < -0.3 is 19.1 Å². The molecule has 1 aliphatic heterocycles. The van der Waals surface area contributed by atoms with Crippen LogP contribution in [-0.4, -0.2) is 55.8 Å². The molecule has 1 saturated heterocycles. The highest BCUT2D eigenvalue weighted by molar-refractivity contribution is 5.78. The first-order chi connectivity index (χ1) is 12.1. The number of hydrogen-bond donors (Lipinski definition) is 1. The molecule has 6 nitrogen and oxygen atoms in total. The maximum atomic E-state index is 12.3. The summed E-state index contributed by atoms with van der Waals surface area (Å²) in [6.07, 6.45) is 3.74. The number of amides is 1. The minimum atomic E-state index is 0.0390. The van der Waals surface area contributed by atoms with Gasteiger partial charge in [-0.3, -0.25) is 4.79 Å². The van der Waals surface area contributed by atoms with Crippen molar-refractivity contribution < 1.29 is 19.0 Å². The van der Waals surface area contributed by atoms with Crippen molar-refractivity contribution in [1.29, 1.82) is 0 Å². The van der Waals surface area contributed by atoms with E-state index in [1.165, 1.54) is 4.90 Å². The van der Waals surface area contributed by atoms with E-state index in [0.717, 1.165) is 37.4 Å². The molecular weight excluding hydrogens is 318 g/mol. The first-order valence-electron chi connectivity index (χ1n) is 8.54. The Morgan fingerprint density at radius 2 is 2.08 bits per heavy atom. The number of nitrogens with zero attached hydrogens (tertiary/aromatic N) is 2. The Bertz CT molecular complexity index is 746. The summed E-state index contributed by atoms with van der Waals surface area (Å²) in [5.74, 6) is 1.41. The van der Waals surface area contributed by atoms with E-state index < -0.39 is 0 Å². The number of carbonyl (C=O) groups is 1. The molecule has 1 N–H and O–H groups in total. The predicted molar refractivity (Wildman–Crippen MR) is 95.3 cm³/mol. The highest BCUT2D eigenvalue weighted by Gasteiger charge is 2.21. The monoisotopic (exact) mass is 342 g/mol. The van der Waals surface area contributed by atoms with Crippen molar-refractivity contribution in [3.05, 3.63) is 47.3 Å². The van der Waals surface area contributed by atoms with Gasteiger partial charge in [0.25, 0.3) is 5.91 Å². The van der Waals surface area contributed by atoms with Gasteiger partial charge in [0.15, 0.2) is 12.4 Å². The summed E-state index contributed by atoms with van der Waals surface area (Å²) in [5, 5.41) is 3.86. The van der Waals surface area contributed by atoms with E-state index in [2.05, 4.69) is 12.2 Å². The van der Waals surface area contributed by atoms with E-state index in [1.807, 2.05) is 54.3 Å². The zero-order valence-corrected chi connectivity index (χ0v) is 14.7. The van der Waals surface area contributed by atoms with Crippen molar-refractivity contribution in [3.63, 3.8) is 0 Å². The van der Waals surface area contributed by atoms with Gasteiger partial charge in [-0.1, -0.05) is 23.4 Å². The van der Waals surface area contributed by atoms with Gasteiger partial charge in [0.1, 0.15) is 5.75 Å². The molecule has 1 aliphatic rings. The molecule has 1 fully saturated rings. The summed E-state index contributed by atoms with van der Waals surface area (Å²) in [6.45, 7) is 5.50. The number of hydrogen-bond acceptors (Lipinski definition) is 4. The van der Waals surface area contributed by atoms with E-state index in [0.29, 0.717) is 11.5 Å². The predicted octanol–water partition coefficient (Wildman–Crippen LogP) is 0.889. The average molecular weight is 342 g/mol. The number of nitrogens with one attached hydrogen (secondary N) is 1. The van der Waals surface area contributed by atoms with Gasteiger partial charge in [-0.25, -0.2) is 0 Å². The molecule has 1 amide bonds. The molecule has 1 aromatic heterocycles. The van der Waals surface area contributed by atoms with Gasteiger partial charge in [-0.15, -0.1) is 0 Å². The first-order valence-corrected chi connectivity index (χ1v) is 8.54. The van der Waals surface area contributed by atoms with Crippen molar-refractivity contribution in [2.24, 2.45) is 0 Å². The van der Waals surface area contributed by atoms with Crippen molar-refractivity contribution in [3.8, 4) is 5.75 Å². The fourth-order valence-corrected chi connectivity index (χ4v) is 2.75. The zero-order chi connectivity index (χ0) is 17.6. The minimum Gasteiger partial charge on any atom is -0.483 e. The van der Waals surface area contributed by atoms with Crippen molar-refractivity contribution >= 4 is 18.1 Å². The third kappa shape index (κ3) is 4.70. The normalized spacial score (nSPS) is 15.7. The Labute approximate surface area is 147 Å². The minimum absolute atomic E-state index is 0.0390. The Balaban J connectivity index is 1.61. The van der Waals surface area contributed by atoms with Crippen LogP contribution in [0.1, 0.15) is 17.0 Å². The molecule has 2 aromatic rings. The second-order valence-electron chi connectivity index (χ2n) is 6.37. The second kappa shape index (κ2) is 7.98. The van der Waals surface area contributed by atoms with Crippen LogP contribution in [0.2, 0.25) is 0 Å². The number of ether oxygens (including phenoxy) is 1. The highest BCUT2D eigenvalue weighted by atomic mass is 16.5. The summed E-state index contributed by atoms with van der Waals surface area (Å²) in [6, 6.07) is 9.50. The number of rotatable bonds is 5. The standard InChI is InChI=1S/C19H23N3O3/c1-15-13-17(25-20-15)8-7-16-5-3-4-6-18(16)24-14-19(23)22-11-9-21(2)10-12-22/h3-8,13H,9-12,14H2,1-2H3/p+1. The Morgan fingerprint density at radius 1 is 1.32 bits per heavy atom. The van der Waals surface area contributed by atoms with E-state index in [4.69, 9.17) is 9.26 Å². The topological polar surface area (TPSA) is 60.0 Å². The molecule has 0 aliphatic carbocycles. The van der Waals surface area contributed by atoms with Crippen LogP contribution >= 0.6 is 0 Å². The SMILES string of the molecule is Cc1cc(C=Cc2ccccc2OCC(=O)N2CC[NH+](C)CC2)on1. The lowest BCUT2D eigenvalue weighted by molar-refractivity contribution is -0.883. The smallest absolute Gasteiger partial charge is 0.260 e. The van der Waals surface area contributed by atoms with Gasteiger partial charge in [0.05, 0.1) is 38.9 Å². The molecule has 3 rings (SSSR count). The fourth-order valence-electron chi connectivity index (χ4n) is 2.75. The van der Waals surface area contributed by atoms with Crippen molar-refractivity contribution in [2.75, 3.05) is 39.8 Å². The summed E-state index contributed by atoms with van der Waals surface area (Å²) < 4.78 is 10.9. The lowest BCUT2D eigenvalue weighted by Crippen LogP contribution is -3.12. The zero-order valence-electron chi connectivity index (χ0n) is 14.7. The lowest BCUT2D eigenvalue weighted by atomic mass is 10.2. The summed E-state index contributed by atoms with van der Waals surface area (Å²) >= 11 is 0. The van der Waals surface area contributed by atoms with Crippen molar-refractivity contribution in [1.82, 2.24) is 10.1 Å². The second-order valence-corrected chi connectivity index (χ2v) is 6.37. The van der Waals surface area contributed by atoms with Gasteiger partial charge >= 0.3 is 0 Å². The Morgan fingerprint density at radius 3 is 2.80 bits per heavy atom. The number of aromatic nitrogens is 1. The van der Waals surface area contributed by atoms with Crippen LogP contribution in [0.3, 0.4) is 0 Å². The van der Waals surface area contributed by atoms with E-state index in [1.54, 1.807) is 0 Å². The quantitative estimate of drug-likeness (QED) is 0.877. The number of likely N-dealkylation sites (N-methyl/N-ethyl adjacent to an activating group) is 1. The Kier molecular flexibility index (Phi) is 5.50. The van der Waals surface area contributed by atoms with Crippen LogP contribution in [0.15, 0.2) is 34.9 Å². The molecule has 25 heavy (non-hydrogen) atoms. The third-order valence-corrected chi connectivity index (χ3v) is 4.31. The van der Waals surface area contributed by atoms with Gasteiger partial charge in [-0.2, -0.15) is 0 Å². The maximum absolute atomic E-state index is 12.3. The molecule has 0 atom stereocenters. The molecule has 0 unspecified atom stereocenters. The van der Waals surface area contributed by atoms with Crippen LogP contribution < -0.4 is 9.64 Å². The van der Waals surface area contributed by atoms with Crippen LogP contribution in [-0.2, 0) is 4.79 Å². The van der Waals surface area contributed by atoms with Crippen LogP contribution in [0, 0.1) is 6.92 Å². The molecule has 2 heterocycles. The molecule has 6 heteroatoms. The molecule has 132 valence electrons. The number of piperazine rings is 1. The van der Waals surface area contributed by atoms with Crippen LogP contribution in [0.25, 0.3) is 12.2 Å².